The maximum absolute atomic E-state index is 13.8. The average molecular weight is 533 g/mol. The third-order valence-corrected chi connectivity index (χ3v) is 11.7. The van der Waals surface area contributed by atoms with Gasteiger partial charge in [-0.25, -0.2) is 4.79 Å². The highest BCUT2D eigenvalue weighted by molar-refractivity contribution is 7.86. The number of halogens is 2. The van der Waals surface area contributed by atoms with Crippen molar-refractivity contribution in [2.45, 2.75) is 100 Å². The predicted octanol–water partition coefficient (Wildman–Crippen LogP) is 4.60. The van der Waals surface area contributed by atoms with Crippen LogP contribution in [-0.2, 0) is 29.1 Å². The molecular formula is C26H38F2O7S. The van der Waals surface area contributed by atoms with Gasteiger partial charge in [-0.2, -0.15) is 17.2 Å². The molecule has 0 spiro atoms. The van der Waals surface area contributed by atoms with Gasteiger partial charge in [0, 0.05) is 0 Å². The molecule has 0 aromatic carbocycles. The number of hydrogen-bond acceptors (Lipinski definition) is 6. The summed E-state index contributed by atoms with van der Waals surface area (Å²) < 4.78 is 76.3. The van der Waals surface area contributed by atoms with E-state index in [4.69, 9.17) is 18.8 Å². The van der Waals surface area contributed by atoms with Crippen LogP contribution in [0, 0.1) is 41.4 Å². The standard InChI is InChI=1S/C26H38F2O7S/c1-2-25(20-6-15-3-16(8-20)9-21(25)7-15)35-22(29)13-34-24-10-17-4-18(11-24)23(19(5-17)12-24)33-14-26(27,28)36(30,31)32/h15-21,23H,2-14H2,1H3,(H,30,31,32). The SMILES string of the molecule is CCC1(OC(=O)COC23CC4CC(C2)C(OCC(F)(F)S(=O)(=O)O)C(C4)C3)C2CC3CC(C2)CC1C3. The quantitative estimate of drug-likeness (QED) is 0.342. The van der Waals surface area contributed by atoms with E-state index >= 15 is 0 Å². The van der Waals surface area contributed by atoms with Crippen molar-refractivity contribution in [2.75, 3.05) is 13.2 Å². The van der Waals surface area contributed by atoms with Crippen molar-refractivity contribution in [3.8, 4) is 0 Å². The number of carbonyl (C=O) groups is 1. The predicted molar refractivity (Wildman–Crippen MR) is 125 cm³/mol. The molecule has 10 heteroatoms. The summed E-state index contributed by atoms with van der Waals surface area (Å²) in [6.45, 7) is 0.700. The Hall–Kier alpha value is -0.840. The molecule has 0 aromatic rings. The summed E-state index contributed by atoms with van der Waals surface area (Å²) in [6, 6.07) is 0. The van der Waals surface area contributed by atoms with Crippen LogP contribution in [0.5, 0.6) is 0 Å². The lowest BCUT2D eigenvalue weighted by molar-refractivity contribution is -0.235. The second-order valence-corrected chi connectivity index (χ2v) is 14.5. The summed E-state index contributed by atoms with van der Waals surface area (Å²) in [7, 11) is -5.52. The summed E-state index contributed by atoms with van der Waals surface area (Å²) in [5.74, 6) is 2.53. The minimum atomic E-state index is -5.52. The maximum Gasteiger partial charge on any atom is 0.392 e. The molecule has 0 aromatic heterocycles. The molecule has 8 rings (SSSR count). The lowest BCUT2D eigenvalue weighted by atomic mass is 9.49. The van der Waals surface area contributed by atoms with Gasteiger partial charge in [0.05, 0.1) is 11.7 Å². The van der Waals surface area contributed by atoms with Gasteiger partial charge in [-0.15, -0.1) is 0 Å². The zero-order valence-electron chi connectivity index (χ0n) is 20.9. The number of hydrogen-bond donors (Lipinski definition) is 1. The van der Waals surface area contributed by atoms with Gasteiger partial charge in [0.15, 0.2) is 0 Å². The van der Waals surface area contributed by atoms with E-state index in [0.29, 0.717) is 30.6 Å². The van der Waals surface area contributed by atoms with Crippen molar-refractivity contribution < 1.29 is 40.8 Å². The fourth-order valence-electron chi connectivity index (χ4n) is 9.87. The highest BCUT2D eigenvalue weighted by atomic mass is 32.2. The summed E-state index contributed by atoms with van der Waals surface area (Å²) in [5.41, 5.74) is -0.836. The van der Waals surface area contributed by atoms with E-state index in [2.05, 4.69) is 6.92 Å². The van der Waals surface area contributed by atoms with Crippen LogP contribution in [0.4, 0.5) is 8.78 Å². The first kappa shape index (κ1) is 25.4. The molecular weight excluding hydrogens is 494 g/mol. The summed E-state index contributed by atoms with van der Waals surface area (Å²) >= 11 is 0. The largest absolute Gasteiger partial charge is 0.457 e. The van der Waals surface area contributed by atoms with E-state index in [1.807, 2.05) is 0 Å². The lowest BCUT2D eigenvalue weighted by Crippen LogP contribution is -2.60. The Kier molecular flexibility index (Phi) is 6.06. The normalized spacial score (nSPS) is 46.9. The Labute approximate surface area is 211 Å². The van der Waals surface area contributed by atoms with Crippen LogP contribution in [0.1, 0.15) is 77.6 Å². The van der Waals surface area contributed by atoms with Crippen molar-refractivity contribution in [2.24, 2.45) is 41.4 Å². The molecule has 36 heavy (non-hydrogen) atoms. The van der Waals surface area contributed by atoms with Crippen molar-refractivity contribution in [3.05, 3.63) is 0 Å². The van der Waals surface area contributed by atoms with Gasteiger partial charge >= 0.3 is 21.3 Å². The monoisotopic (exact) mass is 532 g/mol. The van der Waals surface area contributed by atoms with Crippen LogP contribution in [0.15, 0.2) is 0 Å². The summed E-state index contributed by atoms with van der Waals surface area (Å²) in [4.78, 5) is 13.1. The number of carbonyl (C=O) groups excluding carboxylic acids is 1. The molecule has 8 bridgehead atoms. The Balaban J connectivity index is 1.07. The first-order valence-electron chi connectivity index (χ1n) is 13.7. The third-order valence-electron chi connectivity index (χ3n) is 10.8. The van der Waals surface area contributed by atoms with E-state index < -0.39 is 33.7 Å². The van der Waals surface area contributed by atoms with E-state index in [-0.39, 0.29) is 30.0 Å². The van der Waals surface area contributed by atoms with E-state index in [0.717, 1.165) is 37.5 Å². The first-order valence-corrected chi connectivity index (χ1v) is 15.2. The molecule has 0 radical (unpaired) electrons. The number of rotatable bonds is 9. The molecule has 8 saturated carbocycles. The van der Waals surface area contributed by atoms with Gasteiger partial charge in [0.25, 0.3) is 0 Å². The van der Waals surface area contributed by atoms with Gasteiger partial charge in [-0.05, 0) is 112 Å². The van der Waals surface area contributed by atoms with Gasteiger partial charge in [-0.3, -0.25) is 4.55 Å². The zero-order valence-corrected chi connectivity index (χ0v) is 21.7. The number of ether oxygens (including phenoxy) is 3. The smallest absolute Gasteiger partial charge is 0.392 e. The van der Waals surface area contributed by atoms with Crippen LogP contribution in [0.25, 0.3) is 0 Å². The molecule has 8 aliphatic rings. The fraction of sp³-hybridized carbons (Fsp3) is 0.962. The van der Waals surface area contributed by atoms with Crippen molar-refractivity contribution in [3.63, 3.8) is 0 Å². The molecule has 7 nitrogen and oxygen atoms in total. The Morgan fingerprint density at radius 1 is 0.944 bits per heavy atom. The van der Waals surface area contributed by atoms with Crippen LogP contribution in [-0.4, -0.2) is 54.7 Å². The minimum absolute atomic E-state index is 0.0316. The maximum atomic E-state index is 13.8. The van der Waals surface area contributed by atoms with E-state index in [9.17, 15) is 22.0 Å². The van der Waals surface area contributed by atoms with Crippen LogP contribution in [0.3, 0.4) is 0 Å². The number of esters is 1. The van der Waals surface area contributed by atoms with Crippen LogP contribution < -0.4 is 0 Å². The molecule has 0 amide bonds. The van der Waals surface area contributed by atoms with E-state index in [1.165, 1.54) is 32.1 Å². The molecule has 2 unspecified atom stereocenters. The van der Waals surface area contributed by atoms with Crippen molar-refractivity contribution in [1.29, 1.82) is 0 Å². The van der Waals surface area contributed by atoms with Crippen LogP contribution >= 0.6 is 0 Å². The molecule has 0 saturated heterocycles. The second-order valence-electron chi connectivity index (χ2n) is 12.9. The Bertz CT molecular complexity index is 954. The molecule has 8 fully saturated rings. The Morgan fingerprint density at radius 3 is 2.06 bits per heavy atom. The molecule has 1 N–H and O–H groups in total. The van der Waals surface area contributed by atoms with E-state index in [1.54, 1.807) is 0 Å². The molecule has 8 aliphatic carbocycles. The zero-order chi connectivity index (χ0) is 25.5. The first-order chi connectivity index (χ1) is 16.9. The average Bonchev–Trinajstić information content (AvgIpc) is 2.78. The van der Waals surface area contributed by atoms with Gasteiger partial charge < -0.3 is 14.2 Å². The van der Waals surface area contributed by atoms with Gasteiger partial charge in [0.2, 0.25) is 0 Å². The topological polar surface area (TPSA) is 99.1 Å². The highest BCUT2D eigenvalue weighted by Gasteiger charge is 2.60. The Morgan fingerprint density at radius 2 is 1.53 bits per heavy atom. The summed E-state index contributed by atoms with van der Waals surface area (Å²) in [6.07, 6.45) is 10.0. The van der Waals surface area contributed by atoms with Gasteiger partial charge in [0.1, 0.15) is 18.8 Å². The van der Waals surface area contributed by atoms with Gasteiger partial charge in [-0.1, -0.05) is 6.92 Å². The molecule has 0 aliphatic heterocycles. The molecule has 2 atom stereocenters. The lowest BCUT2D eigenvalue weighted by Gasteiger charge is -2.60. The fourth-order valence-corrected chi connectivity index (χ4v) is 10.1. The molecule has 204 valence electrons. The third kappa shape index (κ3) is 4.13. The van der Waals surface area contributed by atoms with Crippen molar-refractivity contribution >= 4 is 16.1 Å². The number of alkyl halides is 2. The van der Waals surface area contributed by atoms with Crippen LogP contribution in [0.2, 0.25) is 0 Å². The molecule has 0 heterocycles. The summed E-state index contributed by atoms with van der Waals surface area (Å²) in [5, 5.41) is -4.33. The van der Waals surface area contributed by atoms with Crippen molar-refractivity contribution in [1.82, 2.24) is 0 Å². The second kappa shape index (κ2) is 8.58. The minimum Gasteiger partial charge on any atom is -0.457 e. The highest BCUT2D eigenvalue weighted by Crippen LogP contribution is 2.61.